The molecule has 9 heteroatoms. The molecule has 27 heavy (non-hydrogen) atoms. The third-order valence-corrected chi connectivity index (χ3v) is 3.18. The van der Waals surface area contributed by atoms with Crippen LogP contribution in [-0.4, -0.2) is 55.3 Å². The van der Waals surface area contributed by atoms with Gasteiger partial charge in [0, 0.05) is 6.92 Å². The van der Waals surface area contributed by atoms with Crippen molar-refractivity contribution < 1.29 is 33.4 Å². The van der Waals surface area contributed by atoms with Crippen LogP contribution in [0.15, 0.2) is 12.7 Å². The van der Waals surface area contributed by atoms with E-state index in [-0.39, 0.29) is 6.54 Å². The van der Waals surface area contributed by atoms with Crippen LogP contribution in [0.3, 0.4) is 0 Å². The lowest BCUT2D eigenvalue weighted by Crippen LogP contribution is -2.53. The molecule has 0 aromatic carbocycles. The van der Waals surface area contributed by atoms with Crippen LogP contribution in [0.4, 0.5) is 4.79 Å². The number of hydrogen-bond acceptors (Lipinski definition) is 7. The van der Waals surface area contributed by atoms with E-state index in [9.17, 15) is 19.2 Å². The van der Waals surface area contributed by atoms with E-state index in [1.165, 1.54) is 7.11 Å². The Bertz CT molecular complexity index is 540. The molecule has 0 aromatic rings. The summed E-state index contributed by atoms with van der Waals surface area (Å²) in [5, 5.41) is 4.90. The van der Waals surface area contributed by atoms with Crippen molar-refractivity contribution in [1.29, 1.82) is 0 Å². The number of esters is 2. The molecule has 2 atom stereocenters. The molecule has 9 nitrogen and oxygen atoms in total. The summed E-state index contributed by atoms with van der Waals surface area (Å²) in [4.78, 5) is 47.2. The van der Waals surface area contributed by atoms with E-state index in [1.807, 2.05) is 0 Å². The van der Waals surface area contributed by atoms with E-state index in [4.69, 9.17) is 9.47 Å². The van der Waals surface area contributed by atoms with Crippen LogP contribution in [-0.2, 0) is 28.6 Å². The van der Waals surface area contributed by atoms with Crippen molar-refractivity contribution in [3.05, 3.63) is 12.7 Å². The zero-order valence-corrected chi connectivity index (χ0v) is 16.6. The molecule has 1 unspecified atom stereocenters. The van der Waals surface area contributed by atoms with Crippen LogP contribution in [0, 0.1) is 0 Å². The summed E-state index contributed by atoms with van der Waals surface area (Å²) in [5.41, 5.74) is -0.736. The molecule has 0 saturated carbocycles. The Morgan fingerprint density at radius 3 is 2.30 bits per heavy atom. The molecule has 0 heterocycles. The molecule has 0 aliphatic heterocycles. The number of nitrogens with one attached hydrogen (secondary N) is 2. The van der Waals surface area contributed by atoms with Gasteiger partial charge in [0.1, 0.15) is 12.1 Å². The molecule has 0 saturated heterocycles. The highest BCUT2D eigenvalue weighted by atomic mass is 16.6. The number of carbonyl (C=O) groups is 4. The molecule has 2 amide bonds. The van der Waals surface area contributed by atoms with Crippen LogP contribution in [0.2, 0.25) is 0 Å². The van der Waals surface area contributed by atoms with Crippen LogP contribution in [0.5, 0.6) is 0 Å². The van der Waals surface area contributed by atoms with Gasteiger partial charge in [-0.05, 0) is 40.0 Å². The fourth-order valence-corrected chi connectivity index (χ4v) is 2.07. The molecule has 2 N–H and O–H groups in total. The highest BCUT2D eigenvalue weighted by Gasteiger charge is 2.33. The quantitative estimate of drug-likeness (QED) is 0.252. The van der Waals surface area contributed by atoms with Crippen LogP contribution in [0.25, 0.3) is 0 Å². The van der Waals surface area contributed by atoms with Crippen molar-refractivity contribution >= 4 is 23.9 Å². The minimum atomic E-state index is -1.33. The maximum Gasteiger partial charge on any atom is 0.408 e. The summed E-state index contributed by atoms with van der Waals surface area (Å²) in [7, 11) is 1.18. The maximum atomic E-state index is 12.4. The Hall–Kier alpha value is -2.58. The van der Waals surface area contributed by atoms with E-state index < -0.39 is 41.7 Å². The minimum Gasteiger partial charge on any atom is -0.468 e. The molecule has 0 radical (unpaired) electrons. The Balaban J connectivity index is 5.31. The topological polar surface area (TPSA) is 120 Å². The number of alkyl carbamates (subject to hydrolysis) is 1. The largest absolute Gasteiger partial charge is 0.468 e. The second-order valence-corrected chi connectivity index (χ2v) is 6.80. The normalized spacial score (nSPS) is 12.9. The highest BCUT2D eigenvalue weighted by Crippen LogP contribution is 2.13. The molecule has 0 aromatic heterocycles. The Kier molecular flexibility index (Phi) is 10.8. The van der Waals surface area contributed by atoms with Gasteiger partial charge in [-0.25, -0.2) is 4.79 Å². The van der Waals surface area contributed by atoms with Crippen LogP contribution < -0.4 is 10.6 Å². The molecule has 0 aliphatic carbocycles. The molecule has 0 rings (SSSR count). The van der Waals surface area contributed by atoms with Crippen molar-refractivity contribution in [3.63, 3.8) is 0 Å². The number of rotatable bonds is 10. The second kappa shape index (κ2) is 11.9. The summed E-state index contributed by atoms with van der Waals surface area (Å²) >= 11 is 0. The first-order valence-electron chi connectivity index (χ1n) is 8.62. The average Bonchev–Trinajstić information content (AvgIpc) is 2.54. The number of hydrogen-bond donors (Lipinski definition) is 2. The summed E-state index contributed by atoms with van der Waals surface area (Å²) in [6, 6.07) is -0.846. The van der Waals surface area contributed by atoms with Gasteiger partial charge >= 0.3 is 18.0 Å². The fraction of sp³-hybridized carbons (Fsp3) is 0.667. The van der Waals surface area contributed by atoms with Crippen molar-refractivity contribution in [2.75, 3.05) is 13.7 Å². The Morgan fingerprint density at radius 2 is 1.81 bits per heavy atom. The number of methoxy groups -OCH3 is 1. The number of unbranched alkanes of at least 4 members (excludes halogenated alkanes) is 1. The van der Waals surface area contributed by atoms with Gasteiger partial charge in [0.15, 0.2) is 6.10 Å². The zero-order valence-electron chi connectivity index (χ0n) is 16.6. The molecule has 0 fully saturated rings. The standard InChI is InChI=1S/C18H30N2O7/c1-7-8-9-10-13(20-17(24)27-18(3,4)5)15(26-12(2)21)16(23)19-11-14(22)25-6/h7,13,15H,1,8-11H2,2-6H3,(H,19,23)(H,20,24)/t13-,15?/m0/s1. The van der Waals surface area contributed by atoms with Crippen molar-refractivity contribution in [1.82, 2.24) is 10.6 Å². The van der Waals surface area contributed by atoms with E-state index in [0.29, 0.717) is 19.3 Å². The predicted octanol–water partition coefficient (Wildman–Crippen LogP) is 1.46. The van der Waals surface area contributed by atoms with Gasteiger partial charge in [-0.15, -0.1) is 6.58 Å². The van der Waals surface area contributed by atoms with Gasteiger partial charge in [-0.3, -0.25) is 14.4 Å². The van der Waals surface area contributed by atoms with Gasteiger partial charge in [0.25, 0.3) is 5.91 Å². The van der Waals surface area contributed by atoms with Crippen molar-refractivity contribution in [2.45, 2.75) is 64.7 Å². The third kappa shape index (κ3) is 11.6. The summed E-state index contributed by atoms with van der Waals surface area (Å²) in [6.45, 7) is 9.48. The lowest BCUT2D eigenvalue weighted by atomic mass is 10.0. The van der Waals surface area contributed by atoms with Gasteiger partial charge in [0.2, 0.25) is 0 Å². The number of carbonyl (C=O) groups excluding carboxylic acids is 4. The summed E-state index contributed by atoms with van der Waals surface area (Å²) in [6.07, 6.45) is 1.18. The highest BCUT2D eigenvalue weighted by molar-refractivity contribution is 5.87. The first kappa shape index (κ1) is 24.4. The average molecular weight is 386 g/mol. The monoisotopic (exact) mass is 386 g/mol. The van der Waals surface area contributed by atoms with Crippen LogP contribution >= 0.6 is 0 Å². The summed E-state index contributed by atoms with van der Waals surface area (Å²) in [5.74, 6) is -2.09. The minimum absolute atomic E-state index is 0.328. The SMILES string of the molecule is C=CCCC[C@H](NC(=O)OC(C)(C)C)C(OC(C)=O)C(=O)NCC(=O)OC. The van der Waals surface area contributed by atoms with Crippen molar-refractivity contribution in [2.24, 2.45) is 0 Å². The Labute approximate surface area is 159 Å². The van der Waals surface area contributed by atoms with E-state index in [2.05, 4.69) is 21.9 Å². The Morgan fingerprint density at radius 1 is 1.19 bits per heavy atom. The zero-order chi connectivity index (χ0) is 21.0. The predicted molar refractivity (Wildman–Crippen MR) is 97.8 cm³/mol. The molecule has 154 valence electrons. The van der Waals surface area contributed by atoms with Crippen molar-refractivity contribution in [3.8, 4) is 0 Å². The van der Waals surface area contributed by atoms with Gasteiger partial charge in [-0.2, -0.15) is 0 Å². The van der Waals surface area contributed by atoms with E-state index in [1.54, 1.807) is 26.8 Å². The van der Waals surface area contributed by atoms with Gasteiger partial charge in [0.05, 0.1) is 13.2 Å². The van der Waals surface area contributed by atoms with E-state index in [0.717, 1.165) is 6.92 Å². The smallest absolute Gasteiger partial charge is 0.408 e. The molecule has 0 aliphatic rings. The molecule has 0 bridgehead atoms. The third-order valence-electron chi connectivity index (χ3n) is 3.18. The lowest BCUT2D eigenvalue weighted by molar-refractivity contribution is -0.156. The molecular weight excluding hydrogens is 356 g/mol. The van der Waals surface area contributed by atoms with E-state index >= 15 is 0 Å². The maximum absolute atomic E-state index is 12.4. The summed E-state index contributed by atoms with van der Waals surface area (Å²) < 4.78 is 14.8. The number of ether oxygens (including phenoxy) is 3. The van der Waals surface area contributed by atoms with Crippen LogP contribution in [0.1, 0.15) is 47.0 Å². The first-order chi connectivity index (χ1) is 12.5. The van der Waals surface area contributed by atoms with Gasteiger partial charge in [-0.1, -0.05) is 6.08 Å². The second-order valence-electron chi connectivity index (χ2n) is 6.80. The molecular formula is C18H30N2O7. The number of amides is 2. The van der Waals surface area contributed by atoms with Gasteiger partial charge < -0.3 is 24.8 Å². The fourth-order valence-electron chi connectivity index (χ4n) is 2.07. The molecule has 0 spiro atoms. The number of allylic oxidation sites excluding steroid dienone is 1. The lowest BCUT2D eigenvalue weighted by Gasteiger charge is -2.28. The first-order valence-corrected chi connectivity index (χ1v) is 8.62.